The third-order valence-corrected chi connectivity index (χ3v) is 3.14. The maximum absolute atomic E-state index is 11.9. The predicted octanol–water partition coefficient (Wildman–Crippen LogP) is 2.86. The SMILES string of the molecule is CCCn1c(C)nc2c(=O)oc3ccccc3c21. The van der Waals surface area contributed by atoms with Gasteiger partial charge in [0.25, 0.3) is 0 Å². The summed E-state index contributed by atoms with van der Waals surface area (Å²) in [6, 6.07) is 7.59. The highest BCUT2D eigenvalue weighted by molar-refractivity contribution is 6.00. The monoisotopic (exact) mass is 242 g/mol. The van der Waals surface area contributed by atoms with Crippen molar-refractivity contribution in [1.82, 2.24) is 9.55 Å². The number of rotatable bonds is 2. The van der Waals surface area contributed by atoms with Crippen molar-refractivity contribution in [2.45, 2.75) is 26.8 Å². The molecule has 0 saturated heterocycles. The van der Waals surface area contributed by atoms with E-state index in [9.17, 15) is 4.79 Å². The molecule has 0 fully saturated rings. The molecule has 0 aliphatic carbocycles. The fraction of sp³-hybridized carbons (Fsp3) is 0.286. The Balaban J connectivity index is 2.56. The van der Waals surface area contributed by atoms with Crippen LogP contribution in [0.2, 0.25) is 0 Å². The highest BCUT2D eigenvalue weighted by Gasteiger charge is 2.14. The van der Waals surface area contributed by atoms with Crippen LogP contribution in [0.5, 0.6) is 0 Å². The molecule has 18 heavy (non-hydrogen) atoms. The van der Waals surface area contributed by atoms with Crippen molar-refractivity contribution < 1.29 is 4.42 Å². The summed E-state index contributed by atoms with van der Waals surface area (Å²) in [6.07, 6.45) is 1.00. The maximum atomic E-state index is 11.9. The maximum Gasteiger partial charge on any atom is 0.364 e. The number of fused-ring (bicyclic) bond motifs is 3. The Morgan fingerprint density at radius 3 is 2.89 bits per heavy atom. The van der Waals surface area contributed by atoms with Gasteiger partial charge in [0, 0.05) is 11.9 Å². The van der Waals surface area contributed by atoms with Crippen molar-refractivity contribution in [3.63, 3.8) is 0 Å². The summed E-state index contributed by atoms with van der Waals surface area (Å²) in [6.45, 7) is 4.89. The van der Waals surface area contributed by atoms with Gasteiger partial charge in [-0.05, 0) is 25.5 Å². The zero-order valence-electron chi connectivity index (χ0n) is 10.4. The van der Waals surface area contributed by atoms with E-state index in [-0.39, 0.29) is 5.63 Å². The molecule has 4 heteroatoms. The topological polar surface area (TPSA) is 48.0 Å². The molecule has 2 aromatic heterocycles. The Morgan fingerprint density at radius 1 is 1.33 bits per heavy atom. The Bertz CT molecular complexity index is 783. The molecule has 0 radical (unpaired) electrons. The van der Waals surface area contributed by atoms with Crippen LogP contribution in [0, 0.1) is 6.92 Å². The number of nitrogens with zero attached hydrogens (tertiary/aromatic N) is 2. The zero-order valence-corrected chi connectivity index (χ0v) is 10.4. The van der Waals surface area contributed by atoms with Crippen LogP contribution >= 0.6 is 0 Å². The van der Waals surface area contributed by atoms with Gasteiger partial charge in [-0.25, -0.2) is 9.78 Å². The molecule has 0 atom stereocenters. The lowest BCUT2D eigenvalue weighted by molar-refractivity contribution is 0.568. The molecule has 4 nitrogen and oxygen atoms in total. The number of para-hydroxylation sites is 1. The van der Waals surface area contributed by atoms with E-state index in [0.29, 0.717) is 11.1 Å². The lowest BCUT2D eigenvalue weighted by Gasteiger charge is -2.05. The van der Waals surface area contributed by atoms with Gasteiger partial charge in [-0.15, -0.1) is 0 Å². The van der Waals surface area contributed by atoms with Gasteiger partial charge in [0.15, 0.2) is 5.52 Å². The van der Waals surface area contributed by atoms with E-state index in [1.807, 2.05) is 31.2 Å². The van der Waals surface area contributed by atoms with E-state index in [2.05, 4.69) is 16.5 Å². The molecule has 3 rings (SSSR count). The van der Waals surface area contributed by atoms with Crippen molar-refractivity contribution in [1.29, 1.82) is 0 Å². The van der Waals surface area contributed by atoms with Crippen molar-refractivity contribution in [2.24, 2.45) is 0 Å². The van der Waals surface area contributed by atoms with Gasteiger partial charge in [0.05, 0.1) is 5.52 Å². The molecule has 92 valence electrons. The van der Waals surface area contributed by atoms with Crippen LogP contribution in [0.4, 0.5) is 0 Å². The number of hydrogen-bond donors (Lipinski definition) is 0. The van der Waals surface area contributed by atoms with Crippen LogP contribution in [-0.2, 0) is 6.54 Å². The fourth-order valence-corrected chi connectivity index (χ4v) is 2.38. The minimum absolute atomic E-state index is 0.360. The second-order valence-electron chi connectivity index (χ2n) is 4.39. The van der Waals surface area contributed by atoms with Crippen LogP contribution in [0.3, 0.4) is 0 Å². The van der Waals surface area contributed by atoms with Crippen LogP contribution in [0.1, 0.15) is 19.2 Å². The van der Waals surface area contributed by atoms with Gasteiger partial charge in [-0.2, -0.15) is 0 Å². The standard InChI is InChI=1S/C14H14N2O2/c1-3-8-16-9(2)15-12-13(16)10-6-4-5-7-11(10)18-14(12)17/h4-7H,3,8H2,1-2H3. The third kappa shape index (κ3) is 1.45. The van der Waals surface area contributed by atoms with Gasteiger partial charge in [0.1, 0.15) is 11.4 Å². The largest absolute Gasteiger partial charge is 0.421 e. The molecular formula is C14H14N2O2. The van der Waals surface area contributed by atoms with Crippen LogP contribution in [0.15, 0.2) is 33.5 Å². The van der Waals surface area contributed by atoms with Gasteiger partial charge < -0.3 is 8.98 Å². The average Bonchev–Trinajstić information content (AvgIpc) is 2.69. The first-order valence-corrected chi connectivity index (χ1v) is 6.11. The second kappa shape index (κ2) is 3.98. The van der Waals surface area contributed by atoms with E-state index in [4.69, 9.17) is 4.42 Å². The summed E-state index contributed by atoms with van der Waals surface area (Å²) in [7, 11) is 0. The van der Waals surface area contributed by atoms with E-state index in [1.54, 1.807) is 0 Å². The van der Waals surface area contributed by atoms with E-state index < -0.39 is 0 Å². The summed E-state index contributed by atoms with van der Waals surface area (Å²) >= 11 is 0. The molecule has 0 bridgehead atoms. The summed E-state index contributed by atoms with van der Waals surface area (Å²) in [4.78, 5) is 16.3. The molecular weight excluding hydrogens is 228 g/mol. The molecule has 1 aromatic carbocycles. The highest BCUT2D eigenvalue weighted by atomic mass is 16.4. The molecule has 0 aliphatic rings. The second-order valence-corrected chi connectivity index (χ2v) is 4.39. The molecule has 0 amide bonds. The van der Waals surface area contributed by atoms with Gasteiger partial charge >= 0.3 is 5.63 Å². The van der Waals surface area contributed by atoms with Crippen molar-refractivity contribution in [3.8, 4) is 0 Å². The fourth-order valence-electron chi connectivity index (χ4n) is 2.38. The first kappa shape index (κ1) is 11.0. The van der Waals surface area contributed by atoms with E-state index in [0.717, 1.165) is 29.7 Å². The molecule has 0 N–H and O–H groups in total. The highest BCUT2D eigenvalue weighted by Crippen LogP contribution is 2.23. The van der Waals surface area contributed by atoms with Crippen LogP contribution in [0.25, 0.3) is 22.0 Å². The van der Waals surface area contributed by atoms with Crippen molar-refractivity contribution in [2.75, 3.05) is 0 Å². The Hall–Kier alpha value is -2.10. The van der Waals surface area contributed by atoms with E-state index >= 15 is 0 Å². The molecule has 0 saturated carbocycles. The predicted molar refractivity (Wildman–Crippen MR) is 70.8 cm³/mol. The van der Waals surface area contributed by atoms with Gasteiger partial charge in [-0.3, -0.25) is 0 Å². The zero-order chi connectivity index (χ0) is 12.7. The summed E-state index contributed by atoms with van der Waals surface area (Å²) < 4.78 is 7.38. The van der Waals surface area contributed by atoms with Crippen LogP contribution < -0.4 is 5.63 Å². The molecule has 2 heterocycles. The van der Waals surface area contributed by atoms with Crippen molar-refractivity contribution >= 4 is 22.0 Å². The third-order valence-electron chi connectivity index (χ3n) is 3.14. The lowest BCUT2D eigenvalue weighted by atomic mass is 10.2. The van der Waals surface area contributed by atoms with Crippen LogP contribution in [-0.4, -0.2) is 9.55 Å². The summed E-state index contributed by atoms with van der Waals surface area (Å²) in [5.41, 5.74) is 1.58. The van der Waals surface area contributed by atoms with Gasteiger partial charge in [-0.1, -0.05) is 19.1 Å². The number of imidazole rings is 1. The number of aromatic nitrogens is 2. The Morgan fingerprint density at radius 2 is 2.11 bits per heavy atom. The normalized spacial score (nSPS) is 11.4. The van der Waals surface area contributed by atoms with Crippen molar-refractivity contribution in [3.05, 3.63) is 40.5 Å². The van der Waals surface area contributed by atoms with E-state index in [1.165, 1.54) is 0 Å². The average molecular weight is 242 g/mol. The molecule has 3 aromatic rings. The molecule has 0 spiro atoms. The number of benzene rings is 1. The quantitative estimate of drug-likeness (QED) is 0.649. The Kier molecular flexibility index (Phi) is 2.44. The van der Waals surface area contributed by atoms with Gasteiger partial charge in [0.2, 0.25) is 0 Å². The molecule has 0 unspecified atom stereocenters. The lowest BCUT2D eigenvalue weighted by Crippen LogP contribution is -2.02. The first-order valence-electron chi connectivity index (χ1n) is 6.11. The minimum Gasteiger partial charge on any atom is -0.421 e. The minimum atomic E-state index is -0.360. The summed E-state index contributed by atoms with van der Waals surface area (Å²) in [5, 5.41) is 0.946. The number of aryl methyl sites for hydroxylation is 2. The first-order chi connectivity index (χ1) is 8.72. The number of hydrogen-bond acceptors (Lipinski definition) is 3. The molecule has 0 aliphatic heterocycles. The Labute approximate surface area is 104 Å². The summed E-state index contributed by atoms with van der Waals surface area (Å²) in [5.74, 6) is 0.857. The smallest absolute Gasteiger partial charge is 0.364 e.